The van der Waals surface area contributed by atoms with Crippen molar-refractivity contribution in [1.29, 1.82) is 0 Å². The van der Waals surface area contributed by atoms with Gasteiger partial charge in [0.1, 0.15) is 5.76 Å². The molecule has 0 fully saturated rings. The number of methoxy groups -OCH3 is 1. The van der Waals surface area contributed by atoms with Crippen molar-refractivity contribution < 1.29 is 22.4 Å². The highest BCUT2D eigenvalue weighted by atomic mass is 32.2. The van der Waals surface area contributed by atoms with E-state index in [2.05, 4.69) is 10.0 Å². The van der Waals surface area contributed by atoms with Crippen molar-refractivity contribution in [2.75, 3.05) is 7.11 Å². The number of carbonyl (C=O) groups is 1. The summed E-state index contributed by atoms with van der Waals surface area (Å²) in [6, 6.07) is 17.4. The molecule has 0 spiro atoms. The number of sulfonamides is 1. The number of nitrogens with one attached hydrogen (secondary N) is 2. The molecule has 0 saturated heterocycles. The average Bonchev–Trinajstić information content (AvgIpc) is 3.30. The lowest BCUT2D eigenvalue weighted by Gasteiger charge is -2.06. The van der Waals surface area contributed by atoms with E-state index >= 15 is 0 Å². The van der Waals surface area contributed by atoms with Crippen LogP contribution in [0, 0.1) is 0 Å². The Morgan fingerprint density at radius 1 is 1.03 bits per heavy atom. The fraction of sp³-hybridized carbons (Fsp3) is 0.174. The lowest BCUT2D eigenvalue weighted by Crippen LogP contribution is -2.22. The van der Waals surface area contributed by atoms with Crippen molar-refractivity contribution in [2.45, 2.75) is 24.6 Å². The van der Waals surface area contributed by atoms with Crippen LogP contribution in [0.3, 0.4) is 0 Å². The van der Waals surface area contributed by atoms with Gasteiger partial charge in [0.05, 0.1) is 24.3 Å². The van der Waals surface area contributed by atoms with E-state index in [1.165, 1.54) is 24.5 Å². The van der Waals surface area contributed by atoms with Crippen LogP contribution in [-0.4, -0.2) is 21.4 Å². The van der Waals surface area contributed by atoms with Gasteiger partial charge in [-0.1, -0.05) is 36.4 Å². The molecule has 0 aliphatic rings. The van der Waals surface area contributed by atoms with Gasteiger partial charge in [-0.3, -0.25) is 4.79 Å². The standard InChI is InChI=1S/C23H24N2O5S/c1-29-17-20-5-2-4-19(14-20)15-24-23(26)12-9-18-7-10-22(11-8-18)31(27,28)25-16-21-6-3-13-30-21/h2-14,25H,15-17H2,1H3,(H,24,26)/b12-9+. The van der Waals surface area contributed by atoms with Crippen molar-refractivity contribution in [3.8, 4) is 0 Å². The van der Waals surface area contributed by atoms with Gasteiger partial charge in [-0.15, -0.1) is 0 Å². The molecule has 0 saturated carbocycles. The number of hydrogen-bond donors (Lipinski definition) is 2. The molecule has 2 aromatic carbocycles. The van der Waals surface area contributed by atoms with Crippen molar-refractivity contribution in [1.82, 2.24) is 10.0 Å². The summed E-state index contributed by atoms with van der Waals surface area (Å²) in [6.07, 6.45) is 4.53. The van der Waals surface area contributed by atoms with Crippen LogP contribution in [0.4, 0.5) is 0 Å². The maximum Gasteiger partial charge on any atom is 0.244 e. The lowest BCUT2D eigenvalue weighted by atomic mass is 10.1. The second kappa shape index (κ2) is 10.7. The SMILES string of the molecule is COCc1cccc(CNC(=O)/C=C/c2ccc(S(=O)(=O)NCc3ccco3)cc2)c1. The number of hydrogen-bond acceptors (Lipinski definition) is 5. The predicted octanol–water partition coefficient (Wildman–Crippen LogP) is 3.23. The van der Waals surface area contributed by atoms with Crippen molar-refractivity contribution in [2.24, 2.45) is 0 Å². The van der Waals surface area contributed by atoms with Crippen molar-refractivity contribution in [3.05, 3.63) is 95.5 Å². The largest absolute Gasteiger partial charge is 0.468 e. The van der Waals surface area contributed by atoms with Gasteiger partial charge >= 0.3 is 0 Å². The first-order chi connectivity index (χ1) is 15.0. The molecule has 3 rings (SSSR count). The zero-order valence-corrected chi connectivity index (χ0v) is 17.9. The van der Waals surface area contributed by atoms with Gasteiger partial charge in [0.15, 0.2) is 0 Å². The molecule has 1 aromatic heterocycles. The van der Waals surface area contributed by atoms with Crippen LogP contribution in [0.15, 0.2) is 82.3 Å². The molecule has 8 heteroatoms. The summed E-state index contributed by atoms with van der Waals surface area (Å²) in [7, 11) is -2.02. The van der Waals surface area contributed by atoms with Gasteiger partial charge in [-0.25, -0.2) is 13.1 Å². The van der Waals surface area contributed by atoms with Gasteiger partial charge < -0.3 is 14.5 Å². The van der Waals surface area contributed by atoms with E-state index in [1.807, 2.05) is 24.3 Å². The Morgan fingerprint density at radius 3 is 2.52 bits per heavy atom. The Bertz CT molecular complexity index is 1120. The number of benzene rings is 2. The summed E-state index contributed by atoms with van der Waals surface area (Å²) in [4.78, 5) is 12.2. The first-order valence-electron chi connectivity index (χ1n) is 9.61. The normalized spacial score (nSPS) is 11.6. The third-order valence-electron chi connectivity index (χ3n) is 4.40. The number of rotatable bonds is 10. The molecule has 0 aliphatic heterocycles. The topological polar surface area (TPSA) is 97.6 Å². The van der Waals surface area contributed by atoms with Gasteiger partial charge in [0.2, 0.25) is 15.9 Å². The summed E-state index contributed by atoms with van der Waals surface area (Å²) in [5.41, 5.74) is 2.73. The maximum atomic E-state index is 12.3. The average molecular weight is 441 g/mol. The van der Waals surface area contributed by atoms with E-state index in [4.69, 9.17) is 9.15 Å². The Labute approximate surface area is 181 Å². The molecular formula is C23H24N2O5S. The van der Waals surface area contributed by atoms with Crippen molar-refractivity contribution in [3.63, 3.8) is 0 Å². The molecule has 0 radical (unpaired) electrons. The Morgan fingerprint density at radius 2 is 1.81 bits per heavy atom. The number of amides is 1. The zero-order chi connectivity index (χ0) is 22.1. The predicted molar refractivity (Wildman–Crippen MR) is 117 cm³/mol. The first kappa shape index (κ1) is 22.5. The molecule has 7 nitrogen and oxygen atoms in total. The zero-order valence-electron chi connectivity index (χ0n) is 17.1. The minimum absolute atomic E-state index is 0.0749. The van der Waals surface area contributed by atoms with Gasteiger partial charge in [0.25, 0.3) is 0 Å². The first-order valence-corrected chi connectivity index (χ1v) is 11.1. The third kappa shape index (κ3) is 6.92. The molecule has 0 unspecified atom stereocenters. The molecule has 1 amide bonds. The monoisotopic (exact) mass is 440 g/mol. The molecule has 0 atom stereocenters. The van der Waals surface area contributed by atoms with Crippen LogP contribution < -0.4 is 10.0 Å². The van der Waals surface area contributed by atoms with Crippen LogP contribution in [-0.2, 0) is 39.3 Å². The van der Waals surface area contributed by atoms with Gasteiger partial charge in [-0.2, -0.15) is 0 Å². The second-order valence-electron chi connectivity index (χ2n) is 6.78. The van der Waals surface area contributed by atoms with Gasteiger partial charge in [0, 0.05) is 19.7 Å². The van der Waals surface area contributed by atoms with E-state index < -0.39 is 10.0 Å². The molecule has 31 heavy (non-hydrogen) atoms. The maximum absolute atomic E-state index is 12.3. The summed E-state index contributed by atoms with van der Waals surface area (Å²) in [5, 5.41) is 2.82. The highest BCUT2D eigenvalue weighted by Crippen LogP contribution is 2.13. The number of ether oxygens (including phenoxy) is 1. The van der Waals surface area contributed by atoms with Crippen LogP contribution >= 0.6 is 0 Å². The summed E-state index contributed by atoms with van der Waals surface area (Å²) < 4.78 is 37.4. The molecule has 162 valence electrons. The smallest absolute Gasteiger partial charge is 0.244 e. The van der Waals surface area contributed by atoms with E-state index in [9.17, 15) is 13.2 Å². The van der Waals surface area contributed by atoms with E-state index in [-0.39, 0.29) is 17.3 Å². The highest BCUT2D eigenvalue weighted by Gasteiger charge is 2.13. The number of carbonyl (C=O) groups excluding carboxylic acids is 1. The van der Waals surface area contributed by atoms with Crippen LogP contribution in [0.2, 0.25) is 0 Å². The van der Waals surface area contributed by atoms with Crippen LogP contribution in [0.5, 0.6) is 0 Å². The fourth-order valence-electron chi connectivity index (χ4n) is 2.84. The summed E-state index contributed by atoms with van der Waals surface area (Å²) in [5.74, 6) is 0.286. The minimum Gasteiger partial charge on any atom is -0.468 e. The summed E-state index contributed by atoms with van der Waals surface area (Å²) in [6.45, 7) is 0.997. The minimum atomic E-state index is -3.65. The van der Waals surface area contributed by atoms with E-state index in [0.717, 1.165) is 11.1 Å². The second-order valence-corrected chi connectivity index (χ2v) is 8.54. The molecule has 0 bridgehead atoms. The van der Waals surface area contributed by atoms with Crippen LogP contribution in [0.1, 0.15) is 22.5 Å². The Balaban J connectivity index is 1.52. The third-order valence-corrected chi connectivity index (χ3v) is 5.82. The molecule has 3 aromatic rings. The molecule has 0 aliphatic carbocycles. The number of furan rings is 1. The Kier molecular flexibility index (Phi) is 7.77. The molecular weight excluding hydrogens is 416 g/mol. The fourth-order valence-corrected chi connectivity index (χ4v) is 3.83. The summed E-state index contributed by atoms with van der Waals surface area (Å²) >= 11 is 0. The lowest BCUT2D eigenvalue weighted by molar-refractivity contribution is -0.116. The van der Waals surface area contributed by atoms with E-state index in [1.54, 1.807) is 37.5 Å². The van der Waals surface area contributed by atoms with Crippen molar-refractivity contribution >= 4 is 22.0 Å². The Hall–Kier alpha value is -3.20. The van der Waals surface area contributed by atoms with Gasteiger partial charge in [-0.05, 0) is 47.0 Å². The molecule has 1 heterocycles. The van der Waals surface area contributed by atoms with E-state index in [0.29, 0.717) is 24.5 Å². The highest BCUT2D eigenvalue weighted by molar-refractivity contribution is 7.89. The van der Waals surface area contributed by atoms with Crippen LogP contribution in [0.25, 0.3) is 6.08 Å². The molecule has 2 N–H and O–H groups in total. The quantitative estimate of drug-likeness (QED) is 0.472.